The lowest BCUT2D eigenvalue weighted by Crippen LogP contribution is -2.42. The monoisotopic (exact) mass is 549 g/mol. The van der Waals surface area contributed by atoms with E-state index in [-0.39, 0.29) is 19.0 Å². The molecule has 5 rings (SSSR count). The molecular formula is C27H28FN7O5. The van der Waals surface area contributed by atoms with Gasteiger partial charge < -0.3 is 29.8 Å². The molecule has 3 N–H and O–H groups in total. The van der Waals surface area contributed by atoms with Crippen LogP contribution in [0.2, 0.25) is 0 Å². The smallest absolute Gasteiger partial charge is 0.314 e. The number of rotatable bonds is 7. The second-order valence-electron chi connectivity index (χ2n) is 9.37. The molecule has 1 fully saturated rings. The van der Waals surface area contributed by atoms with Crippen LogP contribution < -0.4 is 5.32 Å². The number of nitrogens with one attached hydrogen (secondary N) is 2. The van der Waals surface area contributed by atoms with E-state index in [4.69, 9.17) is 9.47 Å². The first-order chi connectivity index (χ1) is 19.2. The highest BCUT2D eigenvalue weighted by Crippen LogP contribution is 2.35. The van der Waals surface area contributed by atoms with Crippen LogP contribution >= 0.6 is 0 Å². The van der Waals surface area contributed by atoms with Crippen molar-refractivity contribution in [3.63, 3.8) is 0 Å². The molecule has 0 atom stereocenters. The molecular weight excluding hydrogens is 521 g/mol. The van der Waals surface area contributed by atoms with Crippen molar-refractivity contribution in [3.05, 3.63) is 72.7 Å². The molecule has 13 heteroatoms. The van der Waals surface area contributed by atoms with Gasteiger partial charge in [0.2, 0.25) is 18.6 Å². The van der Waals surface area contributed by atoms with Gasteiger partial charge in [-0.1, -0.05) is 0 Å². The molecule has 0 unspecified atom stereocenters. The lowest BCUT2D eigenvalue weighted by Gasteiger charge is -2.33. The predicted molar refractivity (Wildman–Crippen MR) is 143 cm³/mol. The van der Waals surface area contributed by atoms with Crippen molar-refractivity contribution in [3.8, 4) is 22.6 Å². The molecule has 0 aliphatic carbocycles. The summed E-state index contributed by atoms with van der Waals surface area (Å²) in [7, 11) is 3.38. The first-order valence-electron chi connectivity index (χ1n) is 12.1. The van der Waals surface area contributed by atoms with Crippen molar-refractivity contribution < 1.29 is 28.6 Å². The second-order valence-corrected chi connectivity index (χ2v) is 9.37. The molecule has 0 radical (unpaired) electrons. The van der Waals surface area contributed by atoms with E-state index in [2.05, 4.69) is 30.2 Å². The minimum atomic E-state index is -1.15. The number of halogens is 1. The molecule has 0 saturated carbocycles. The second kappa shape index (κ2) is 12.4. The molecule has 0 spiro atoms. The normalized spacial score (nSPS) is 18.2. The van der Waals surface area contributed by atoms with Gasteiger partial charge in [-0.05, 0) is 49.4 Å². The summed E-state index contributed by atoms with van der Waals surface area (Å²) < 4.78 is 25.0. The van der Waals surface area contributed by atoms with E-state index < -0.39 is 17.7 Å². The summed E-state index contributed by atoms with van der Waals surface area (Å²) >= 11 is 0. The molecule has 12 nitrogen and oxygen atoms in total. The Morgan fingerprint density at radius 1 is 1.15 bits per heavy atom. The lowest BCUT2D eigenvalue weighted by atomic mass is 9.92. The first kappa shape index (κ1) is 28.3. The third-order valence-electron chi connectivity index (χ3n) is 5.73. The van der Waals surface area contributed by atoms with E-state index in [1.54, 1.807) is 63.9 Å². The van der Waals surface area contributed by atoms with Gasteiger partial charge in [0.1, 0.15) is 11.2 Å². The average Bonchev–Trinajstić information content (AvgIpc) is 3.40. The molecule has 208 valence electrons. The molecule has 0 bridgehead atoms. The van der Waals surface area contributed by atoms with Crippen molar-refractivity contribution in [1.82, 2.24) is 29.8 Å². The number of hydrogen-bond acceptors (Lipinski definition) is 9. The molecule has 1 aromatic carbocycles. The van der Waals surface area contributed by atoms with E-state index in [1.807, 2.05) is 6.07 Å². The van der Waals surface area contributed by atoms with Crippen molar-refractivity contribution >= 4 is 24.0 Å². The maximum Gasteiger partial charge on any atom is 0.314 e. The number of carbonyl (C=O) groups excluding carboxylic acids is 1. The Hall–Kier alpha value is -4.75. The Morgan fingerprint density at radius 3 is 2.45 bits per heavy atom. The van der Waals surface area contributed by atoms with Crippen molar-refractivity contribution in [1.29, 1.82) is 0 Å². The van der Waals surface area contributed by atoms with E-state index >= 15 is 0 Å². The quantitative estimate of drug-likeness (QED) is 0.291. The van der Waals surface area contributed by atoms with Crippen LogP contribution in [0.15, 0.2) is 61.1 Å². The molecule has 1 amide bonds. The number of benzene rings is 1. The summed E-state index contributed by atoms with van der Waals surface area (Å²) in [5.41, 5.74) is 1.79. The van der Waals surface area contributed by atoms with Crippen LogP contribution in [0.1, 0.15) is 19.0 Å². The van der Waals surface area contributed by atoms with Crippen LogP contribution in [-0.4, -0.2) is 74.6 Å². The third kappa shape index (κ3) is 6.81. The Kier molecular flexibility index (Phi) is 8.76. The molecule has 3 aromatic heterocycles. The van der Waals surface area contributed by atoms with Crippen LogP contribution in [0.4, 0.5) is 16.0 Å². The van der Waals surface area contributed by atoms with Gasteiger partial charge in [-0.3, -0.25) is 14.6 Å². The van der Waals surface area contributed by atoms with E-state index in [9.17, 15) is 19.1 Å². The number of hydrogen-bond donors (Lipinski definition) is 3. The number of imidazole rings is 1. The summed E-state index contributed by atoms with van der Waals surface area (Å²) in [4.78, 5) is 43.1. The number of H-pyrrole nitrogens is 1. The largest absolute Gasteiger partial charge is 0.481 e. The van der Waals surface area contributed by atoms with Crippen LogP contribution in [0.3, 0.4) is 0 Å². The number of aromatic amines is 1. The number of aromatic nitrogens is 5. The van der Waals surface area contributed by atoms with Gasteiger partial charge in [0, 0.05) is 32.1 Å². The SMILES string of the molecule is CC1(C(=O)O)COC(c2nc(-c3ccc(F)cc3)c(-c3ccnc(Nc4cccnc4)n3)[nH]2)OC1.CN(C)C=O. The summed E-state index contributed by atoms with van der Waals surface area (Å²) in [5, 5.41) is 12.5. The van der Waals surface area contributed by atoms with Gasteiger partial charge in [0.05, 0.1) is 42.2 Å². The number of ether oxygens (including phenoxy) is 2. The highest BCUT2D eigenvalue weighted by atomic mass is 19.1. The van der Waals surface area contributed by atoms with Gasteiger partial charge >= 0.3 is 5.97 Å². The van der Waals surface area contributed by atoms with Crippen LogP contribution in [0, 0.1) is 11.2 Å². The fourth-order valence-corrected chi connectivity index (χ4v) is 3.52. The third-order valence-corrected chi connectivity index (χ3v) is 5.73. The zero-order chi connectivity index (χ0) is 28.7. The van der Waals surface area contributed by atoms with Crippen molar-refractivity contribution in [2.45, 2.75) is 13.2 Å². The number of anilines is 2. The highest BCUT2D eigenvalue weighted by Gasteiger charge is 2.41. The molecule has 4 aromatic rings. The summed E-state index contributed by atoms with van der Waals surface area (Å²) in [6.45, 7) is 1.48. The predicted octanol–water partition coefficient (Wildman–Crippen LogP) is 3.65. The number of carboxylic acid groups (broad SMARTS) is 1. The number of amides is 1. The van der Waals surface area contributed by atoms with Crippen LogP contribution in [0.25, 0.3) is 22.6 Å². The molecule has 40 heavy (non-hydrogen) atoms. The molecule has 1 aliphatic heterocycles. The average molecular weight is 550 g/mol. The van der Waals surface area contributed by atoms with Crippen molar-refractivity contribution in [2.24, 2.45) is 5.41 Å². The van der Waals surface area contributed by atoms with E-state index in [0.717, 1.165) is 12.1 Å². The number of carboxylic acids is 1. The Morgan fingerprint density at radius 2 is 1.85 bits per heavy atom. The number of aliphatic carboxylic acids is 1. The molecule has 1 saturated heterocycles. The zero-order valence-electron chi connectivity index (χ0n) is 22.0. The minimum absolute atomic E-state index is 0.0401. The van der Waals surface area contributed by atoms with Gasteiger partial charge in [0.25, 0.3) is 0 Å². The maximum atomic E-state index is 13.6. The summed E-state index contributed by atoms with van der Waals surface area (Å²) in [6.07, 6.45) is 4.77. The Balaban J connectivity index is 0.000000681. The minimum Gasteiger partial charge on any atom is -0.481 e. The van der Waals surface area contributed by atoms with Gasteiger partial charge in [-0.2, -0.15) is 0 Å². The first-order valence-corrected chi connectivity index (χ1v) is 12.1. The number of carbonyl (C=O) groups is 2. The van der Waals surface area contributed by atoms with E-state index in [0.29, 0.717) is 34.4 Å². The van der Waals surface area contributed by atoms with Crippen LogP contribution in [-0.2, 0) is 19.1 Å². The van der Waals surface area contributed by atoms with Gasteiger partial charge in [0.15, 0.2) is 5.82 Å². The summed E-state index contributed by atoms with van der Waals surface area (Å²) in [5.74, 6) is -0.688. The zero-order valence-corrected chi connectivity index (χ0v) is 22.0. The standard InChI is InChI=1S/C24H21FN6O4.C3H7NO/c1-24(22(32)33)12-34-21(35-13-24)20-30-18(14-4-6-15(25)7-5-14)19(31-20)17-8-10-27-23(29-17)28-16-3-2-9-26-11-16;1-4(2)3-5/h2-11,21H,12-13H2,1H3,(H,30,31)(H,32,33)(H,27,28,29);3H,1-2H3. The fraction of sp³-hybridized carbons (Fsp3) is 0.259. The number of pyridine rings is 1. The van der Waals surface area contributed by atoms with E-state index in [1.165, 1.54) is 17.0 Å². The molecule has 1 aliphatic rings. The highest BCUT2D eigenvalue weighted by molar-refractivity contribution is 5.77. The Labute approximate surface area is 229 Å². The summed E-state index contributed by atoms with van der Waals surface area (Å²) in [6, 6.07) is 11.2. The van der Waals surface area contributed by atoms with Crippen molar-refractivity contribution in [2.75, 3.05) is 32.6 Å². The fourth-order valence-electron chi connectivity index (χ4n) is 3.52. The van der Waals surface area contributed by atoms with Crippen LogP contribution in [0.5, 0.6) is 0 Å². The Bertz CT molecular complexity index is 1440. The number of nitrogens with zero attached hydrogens (tertiary/aromatic N) is 5. The lowest BCUT2D eigenvalue weighted by molar-refractivity contribution is -0.236. The molecule has 4 heterocycles. The van der Waals surface area contributed by atoms with Gasteiger partial charge in [-0.25, -0.2) is 19.3 Å². The maximum absolute atomic E-state index is 13.6. The topological polar surface area (TPSA) is 155 Å². The van der Waals surface area contributed by atoms with Gasteiger partial charge in [-0.15, -0.1) is 0 Å².